The maximum absolute atomic E-state index is 12.4. The quantitative estimate of drug-likeness (QED) is 0.0390. The fourth-order valence-electron chi connectivity index (χ4n) is 7.77. The van der Waals surface area contributed by atoms with Crippen molar-refractivity contribution in [2.24, 2.45) is 5.73 Å². The van der Waals surface area contributed by atoms with Gasteiger partial charge in [-0.25, -0.2) is 0 Å². The molecule has 0 spiro atoms. The van der Waals surface area contributed by atoms with Gasteiger partial charge < -0.3 is 111 Å². The van der Waals surface area contributed by atoms with Crippen molar-refractivity contribution in [2.75, 3.05) is 72.4 Å². The Morgan fingerprint density at radius 2 is 1.28 bits per heavy atom. The van der Waals surface area contributed by atoms with Gasteiger partial charge in [-0.05, 0) is 41.8 Å². The molecule has 3 fully saturated rings. The highest BCUT2D eigenvalue weighted by atomic mass is 16.8. The van der Waals surface area contributed by atoms with Crippen molar-refractivity contribution >= 4 is 23.6 Å². The molecule has 0 bridgehead atoms. The maximum Gasteiger partial charge on any atom is 0.258 e. The topological polar surface area (TPSA) is 398 Å². The lowest BCUT2D eigenvalue weighted by molar-refractivity contribution is -0.376. The molecule has 15 N–H and O–H groups in total. The van der Waals surface area contributed by atoms with Gasteiger partial charge in [-0.1, -0.05) is 24.3 Å². The lowest BCUT2D eigenvalue weighted by Crippen LogP contribution is -2.68. The SMILES string of the molecule is CC(=O)NC1C(O)[C@H](O[C@@H]2OC(CO)[C@H](O)C(O[C@H]3OC(CO)[C@H](O)C(O)C3O)C2O)C(CO)O[C@H]1OCCCNC(=O)CCOCCNC(=O)COc1ccc(-c2cccc(C(=O)NCCN)c2)cc1. The number of aliphatic hydroxyl groups is 9. The van der Waals surface area contributed by atoms with E-state index in [-0.39, 0.29) is 70.1 Å². The first-order chi connectivity index (χ1) is 34.1. The lowest BCUT2D eigenvalue weighted by atomic mass is 9.95. The van der Waals surface area contributed by atoms with E-state index in [0.29, 0.717) is 24.4 Å². The molecule has 398 valence electrons. The first-order valence-corrected chi connectivity index (χ1v) is 23.1. The summed E-state index contributed by atoms with van der Waals surface area (Å²) < 4.78 is 45.1. The van der Waals surface area contributed by atoms with Crippen molar-refractivity contribution in [2.45, 2.75) is 112 Å². The number of nitrogens with two attached hydrogens (primary N) is 1. The Balaban J connectivity index is 0.990. The largest absolute Gasteiger partial charge is 0.484 e. The summed E-state index contributed by atoms with van der Waals surface area (Å²) in [5, 5.41) is 105. The zero-order valence-electron chi connectivity index (χ0n) is 39.0. The van der Waals surface area contributed by atoms with Gasteiger partial charge in [-0.15, -0.1) is 0 Å². The maximum atomic E-state index is 12.4. The molecule has 3 saturated heterocycles. The number of hydrogen-bond donors (Lipinski definition) is 14. The molecule has 2 aromatic rings. The Morgan fingerprint density at radius 3 is 1.96 bits per heavy atom. The van der Waals surface area contributed by atoms with Crippen molar-refractivity contribution in [3.63, 3.8) is 0 Å². The molecule has 15 atom stereocenters. The Kier molecular flexibility index (Phi) is 23.1. The Bertz CT molecular complexity index is 1970. The van der Waals surface area contributed by atoms with Crippen molar-refractivity contribution in [3.8, 4) is 16.9 Å². The highest BCUT2D eigenvalue weighted by molar-refractivity contribution is 5.95. The average Bonchev–Trinajstić information content (AvgIpc) is 3.37. The monoisotopic (exact) mass is 1010 g/mol. The first kappa shape index (κ1) is 57.3. The van der Waals surface area contributed by atoms with Crippen LogP contribution in [0.2, 0.25) is 0 Å². The summed E-state index contributed by atoms with van der Waals surface area (Å²) in [5.41, 5.74) is 7.65. The number of benzene rings is 2. The Labute approximate surface area is 408 Å². The third-order valence-electron chi connectivity index (χ3n) is 11.6. The summed E-state index contributed by atoms with van der Waals surface area (Å²) >= 11 is 0. The van der Waals surface area contributed by atoms with Gasteiger partial charge in [0.05, 0.1) is 39.6 Å². The van der Waals surface area contributed by atoms with Crippen LogP contribution < -0.4 is 31.7 Å². The van der Waals surface area contributed by atoms with Gasteiger partial charge in [0.15, 0.2) is 25.5 Å². The highest BCUT2D eigenvalue weighted by Crippen LogP contribution is 2.33. The molecule has 4 amide bonds. The van der Waals surface area contributed by atoms with E-state index in [1.54, 1.807) is 30.3 Å². The van der Waals surface area contributed by atoms with Crippen LogP contribution in [0.5, 0.6) is 5.75 Å². The van der Waals surface area contributed by atoms with Crippen LogP contribution in [-0.2, 0) is 47.5 Å². The number of aliphatic hydroxyl groups excluding tert-OH is 9. The number of nitrogens with one attached hydrogen (secondary N) is 4. The standard InChI is InChI=1S/C45H67N5O21/c1-23(54)50-33-36(59)40(70-45-39(62)41(35(58)29(20-52)68-45)71-44-38(61)37(60)34(57)28(19-51)67-44)30(21-53)69-43(33)65-15-3-12-47-31(55)10-16-64-17-14-48-32(56)22-66-27-8-6-24(7-9-27)25-4-2-5-26(18-25)42(63)49-13-11-46/h2,4-9,18,28-30,33-41,43-45,51-53,57-62H,3,10-17,19-22,46H2,1H3,(H,47,55)(H,48,56)(H,49,63)(H,50,54)/t28?,29?,30?,33?,34-,35-,36?,37?,38?,39?,40+,41?,43+,44+,45-/m0/s1. The van der Waals surface area contributed by atoms with Crippen molar-refractivity contribution in [1.29, 1.82) is 0 Å². The number of amides is 4. The molecule has 0 aliphatic carbocycles. The molecule has 3 heterocycles. The Morgan fingerprint density at radius 1 is 0.634 bits per heavy atom. The summed E-state index contributed by atoms with van der Waals surface area (Å²) in [7, 11) is 0. The minimum atomic E-state index is -1.97. The predicted octanol–water partition coefficient (Wildman–Crippen LogP) is -5.94. The zero-order valence-corrected chi connectivity index (χ0v) is 39.0. The van der Waals surface area contributed by atoms with Gasteiger partial charge in [0, 0.05) is 45.1 Å². The molecule has 3 aliphatic heterocycles. The Hall–Kier alpha value is -4.56. The molecule has 5 rings (SSSR count). The van der Waals surface area contributed by atoms with Crippen LogP contribution in [0.25, 0.3) is 11.1 Å². The van der Waals surface area contributed by atoms with E-state index in [0.717, 1.165) is 18.1 Å². The van der Waals surface area contributed by atoms with E-state index in [9.17, 15) is 65.1 Å². The summed E-state index contributed by atoms with van der Waals surface area (Å²) in [6, 6.07) is 12.9. The van der Waals surface area contributed by atoms with Crippen LogP contribution in [0.15, 0.2) is 48.5 Å². The molecule has 0 saturated carbocycles. The van der Waals surface area contributed by atoms with Crippen LogP contribution in [0.1, 0.15) is 30.1 Å². The van der Waals surface area contributed by atoms with Gasteiger partial charge in [-0.3, -0.25) is 19.2 Å². The number of carbonyl (C=O) groups excluding carboxylic acids is 4. The van der Waals surface area contributed by atoms with Gasteiger partial charge >= 0.3 is 0 Å². The molecule has 3 aliphatic rings. The normalized spacial score (nSPS) is 30.8. The van der Waals surface area contributed by atoms with E-state index in [1.165, 1.54) is 0 Å². The number of ether oxygens (including phenoxy) is 8. The van der Waals surface area contributed by atoms with Gasteiger partial charge in [-0.2, -0.15) is 0 Å². The lowest BCUT2D eigenvalue weighted by Gasteiger charge is -2.48. The fourth-order valence-corrected chi connectivity index (χ4v) is 7.77. The van der Waals surface area contributed by atoms with E-state index in [4.69, 9.17) is 43.6 Å². The van der Waals surface area contributed by atoms with Crippen LogP contribution >= 0.6 is 0 Å². The molecule has 71 heavy (non-hydrogen) atoms. The third kappa shape index (κ3) is 16.2. The van der Waals surface area contributed by atoms with Crippen LogP contribution in [0, 0.1) is 0 Å². The fraction of sp³-hybridized carbons (Fsp3) is 0.644. The molecular formula is C45H67N5O21. The number of rotatable bonds is 26. The molecule has 9 unspecified atom stereocenters. The summed E-state index contributed by atoms with van der Waals surface area (Å²) in [6.45, 7) is -0.356. The summed E-state index contributed by atoms with van der Waals surface area (Å²) in [5.74, 6) is -1.08. The van der Waals surface area contributed by atoms with Crippen molar-refractivity contribution in [1.82, 2.24) is 21.3 Å². The number of hydrogen-bond acceptors (Lipinski definition) is 22. The molecule has 0 aromatic heterocycles. The third-order valence-corrected chi connectivity index (χ3v) is 11.6. The van der Waals surface area contributed by atoms with Gasteiger partial charge in [0.2, 0.25) is 11.8 Å². The van der Waals surface area contributed by atoms with E-state index in [2.05, 4.69) is 21.3 Å². The molecule has 2 aromatic carbocycles. The second kappa shape index (κ2) is 28.6. The smallest absolute Gasteiger partial charge is 0.258 e. The molecule has 26 heteroatoms. The van der Waals surface area contributed by atoms with Crippen molar-refractivity contribution < 1.29 is 103 Å². The average molecular weight is 1010 g/mol. The van der Waals surface area contributed by atoms with E-state index < -0.39 is 118 Å². The summed E-state index contributed by atoms with van der Waals surface area (Å²) in [6.07, 6.45) is -23.4. The minimum absolute atomic E-state index is 0.0137. The van der Waals surface area contributed by atoms with E-state index in [1.807, 2.05) is 18.2 Å². The van der Waals surface area contributed by atoms with Crippen molar-refractivity contribution in [3.05, 3.63) is 54.1 Å². The highest BCUT2D eigenvalue weighted by Gasteiger charge is 2.54. The molecular weight excluding hydrogens is 947 g/mol. The number of carbonyl (C=O) groups is 4. The van der Waals surface area contributed by atoms with Crippen LogP contribution in [0.3, 0.4) is 0 Å². The zero-order chi connectivity index (χ0) is 51.6. The molecule has 0 radical (unpaired) electrons. The molecule has 26 nitrogen and oxygen atoms in total. The van der Waals surface area contributed by atoms with Crippen LogP contribution in [0.4, 0.5) is 0 Å². The second-order valence-electron chi connectivity index (χ2n) is 16.8. The van der Waals surface area contributed by atoms with Gasteiger partial charge in [0.1, 0.15) is 78.9 Å². The minimum Gasteiger partial charge on any atom is -0.484 e. The first-order valence-electron chi connectivity index (χ1n) is 23.1. The van der Waals surface area contributed by atoms with E-state index >= 15 is 0 Å². The van der Waals surface area contributed by atoms with Crippen LogP contribution in [-0.4, -0.2) is 234 Å². The predicted molar refractivity (Wildman–Crippen MR) is 241 cm³/mol. The summed E-state index contributed by atoms with van der Waals surface area (Å²) in [4.78, 5) is 49.2. The van der Waals surface area contributed by atoms with Gasteiger partial charge in [0.25, 0.3) is 11.8 Å². The second-order valence-corrected chi connectivity index (χ2v) is 16.8.